The number of anilines is 1. The van der Waals surface area contributed by atoms with Gasteiger partial charge in [0.1, 0.15) is 5.71 Å². The molecule has 0 aliphatic carbocycles. The summed E-state index contributed by atoms with van der Waals surface area (Å²) in [7, 11) is 0. The first-order valence-electron chi connectivity index (χ1n) is 8.94. The fourth-order valence-electron chi connectivity index (χ4n) is 2.89. The van der Waals surface area contributed by atoms with Crippen LogP contribution in [0.1, 0.15) is 31.7 Å². The number of amides is 2. The van der Waals surface area contributed by atoms with Gasteiger partial charge in [0.2, 0.25) is 5.91 Å². The highest BCUT2D eigenvalue weighted by atomic mass is 16.2. The molecule has 3 rings (SSSR count). The Bertz CT molecular complexity index is 787. The molecule has 0 bridgehead atoms. The number of para-hydroxylation sites is 1. The maximum atomic E-state index is 12.5. The van der Waals surface area contributed by atoms with Crippen molar-refractivity contribution in [1.29, 1.82) is 0 Å². The van der Waals surface area contributed by atoms with Crippen LogP contribution in [0.3, 0.4) is 0 Å². The number of hydrogen-bond donors (Lipinski definition) is 1. The van der Waals surface area contributed by atoms with Gasteiger partial charge in [-0.1, -0.05) is 48.5 Å². The van der Waals surface area contributed by atoms with Gasteiger partial charge in [0.25, 0.3) is 5.91 Å². The van der Waals surface area contributed by atoms with Crippen molar-refractivity contribution in [2.45, 2.75) is 38.6 Å². The lowest BCUT2D eigenvalue weighted by molar-refractivity contribution is -0.119. The monoisotopic (exact) mass is 349 g/mol. The van der Waals surface area contributed by atoms with Crippen molar-refractivity contribution in [2.75, 3.05) is 5.01 Å². The van der Waals surface area contributed by atoms with E-state index < -0.39 is 0 Å². The molecule has 5 nitrogen and oxygen atoms in total. The highest BCUT2D eigenvalue weighted by Gasteiger charge is 2.26. The lowest BCUT2D eigenvalue weighted by atomic mass is 10.1. The average Bonchev–Trinajstić information content (AvgIpc) is 2.68. The number of hydrogen-bond acceptors (Lipinski definition) is 3. The zero-order chi connectivity index (χ0) is 18.4. The van der Waals surface area contributed by atoms with Crippen molar-refractivity contribution in [1.82, 2.24) is 5.32 Å². The second-order valence-electron chi connectivity index (χ2n) is 6.49. The first-order chi connectivity index (χ1) is 12.6. The van der Waals surface area contributed by atoms with E-state index in [1.807, 2.05) is 55.5 Å². The van der Waals surface area contributed by atoms with E-state index in [1.165, 1.54) is 10.6 Å². The summed E-state index contributed by atoms with van der Waals surface area (Å²) in [6.45, 7) is 1.99. The third kappa shape index (κ3) is 4.57. The summed E-state index contributed by atoms with van der Waals surface area (Å²) in [4.78, 5) is 24.7. The molecule has 1 aliphatic heterocycles. The van der Waals surface area contributed by atoms with Gasteiger partial charge in [-0.3, -0.25) is 9.59 Å². The topological polar surface area (TPSA) is 61.8 Å². The molecule has 0 saturated carbocycles. The van der Waals surface area contributed by atoms with Gasteiger partial charge in [-0.25, -0.2) is 5.01 Å². The molecule has 0 aromatic heterocycles. The van der Waals surface area contributed by atoms with Crippen molar-refractivity contribution in [3.63, 3.8) is 0 Å². The molecule has 5 heteroatoms. The zero-order valence-electron chi connectivity index (χ0n) is 14.9. The van der Waals surface area contributed by atoms with Gasteiger partial charge >= 0.3 is 0 Å². The molecule has 2 aromatic rings. The van der Waals surface area contributed by atoms with Crippen LogP contribution in [0, 0.1) is 0 Å². The lowest BCUT2D eigenvalue weighted by Crippen LogP contribution is -2.42. The summed E-state index contributed by atoms with van der Waals surface area (Å²) < 4.78 is 0. The van der Waals surface area contributed by atoms with Crippen LogP contribution in [-0.4, -0.2) is 23.6 Å². The Labute approximate surface area is 153 Å². The fourth-order valence-corrected chi connectivity index (χ4v) is 2.89. The molecule has 1 heterocycles. The van der Waals surface area contributed by atoms with Crippen LogP contribution in [0.15, 0.2) is 65.8 Å². The van der Waals surface area contributed by atoms with Crippen LogP contribution in [0.25, 0.3) is 0 Å². The standard InChI is InChI=1S/C21H23N3O2/c1-16(12-13-17-8-4-2-5-9-17)22-21(26)19-14-15-20(25)24(23-19)18-10-6-3-7-11-18/h2-11,16H,12-15H2,1H3,(H,22,26)/t16-/m0/s1. The number of aryl methyl sites for hydroxylation is 1. The molecule has 134 valence electrons. The molecule has 1 aliphatic rings. The summed E-state index contributed by atoms with van der Waals surface area (Å²) in [6, 6.07) is 19.4. The Morgan fingerprint density at radius 3 is 2.42 bits per heavy atom. The third-order valence-electron chi connectivity index (χ3n) is 4.38. The van der Waals surface area contributed by atoms with Gasteiger partial charge in [0, 0.05) is 18.9 Å². The van der Waals surface area contributed by atoms with E-state index in [0.717, 1.165) is 12.8 Å². The van der Waals surface area contributed by atoms with E-state index in [0.29, 0.717) is 24.2 Å². The molecule has 1 atom stereocenters. The molecule has 0 radical (unpaired) electrons. The minimum atomic E-state index is -0.195. The molecule has 0 fully saturated rings. The lowest BCUT2D eigenvalue weighted by Gasteiger charge is -2.24. The van der Waals surface area contributed by atoms with E-state index in [-0.39, 0.29) is 17.9 Å². The molecular weight excluding hydrogens is 326 g/mol. The second kappa shape index (κ2) is 8.43. The quantitative estimate of drug-likeness (QED) is 0.870. The van der Waals surface area contributed by atoms with Crippen LogP contribution in [-0.2, 0) is 16.0 Å². The maximum absolute atomic E-state index is 12.5. The van der Waals surface area contributed by atoms with Crippen LogP contribution < -0.4 is 10.3 Å². The summed E-state index contributed by atoms with van der Waals surface area (Å²) in [5, 5.41) is 8.62. The third-order valence-corrected chi connectivity index (χ3v) is 4.38. The smallest absolute Gasteiger partial charge is 0.267 e. The Morgan fingerprint density at radius 1 is 1.08 bits per heavy atom. The Balaban J connectivity index is 1.60. The van der Waals surface area contributed by atoms with Crippen molar-refractivity contribution >= 4 is 23.2 Å². The molecule has 0 unspecified atom stereocenters. The van der Waals surface area contributed by atoms with Gasteiger partial charge in [-0.15, -0.1) is 0 Å². The predicted octanol–water partition coefficient (Wildman–Crippen LogP) is 3.31. The average molecular weight is 349 g/mol. The summed E-state index contributed by atoms with van der Waals surface area (Å²) in [5.41, 5.74) is 2.34. The van der Waals surface area contributed by atoms with E-state index in [4.69, 9.17) is 0 Å². The number of hydrazone groups is 1. The highest BCUT2D eigenvalue weighted by Crippen LogP contribution is 2.19. The van der Waals surface area contributed by atoms with E-state index >= 15 is 0 Å². The number of nitrogens with one attached hydrogen (secondary N) is 1. The summed E-state index contributed by atoms with van der Waals surface area (Å²) in [6.07, 6.45) is 2.42. The first-order valence-corrected chi connectivity index (χ1v) is 8.94. The van der Waals surface area contributed by atoms with Gasteiger partial charge in [-0.05, 0) is 37.5 Å². The van der Waals surface area contributed by atoms with E-state index in [9.17, 15) is 9.59 Å². The Hall–Kier alpha value is -2.95. The van der Waals surface area contributed by atoms with Crippen LogP contribution in [0.4, 0.5) is 5.69 Å². The molecule has 0 saturated heterocycles. The van der Waals surface area contributed by atoms with Crippen molar-refractivity contribution < 1.29 is 9.59 Å². The van der Waals surface area contributed by atoms with Crippen molar-refractivity contribution in [2.24, 2.45) is 5.10 Å². The van der Waals surface area contributed by atoms with Crippen molar-refractivity contribution in [3.8, 4) is 0 Å². The Kier molecular flexibility index (Phi) is 5.79. The zero-order valence-corrected chi connectivity index (χ0v) is 14.9. The first kappa shape index (κ1) is 17.9. The number of benzene rings is 2. The van der Waals surface area contributed by atoms with Crippen molar-refractivity contribution in [3.05, 3.63) is 66.2 Å². The van der Waals surface area contributed by atoms with Gasteiger partial charge in [-0.2, -0.15) is 5.10 Å². The van der Waals surface area contributed by atoms with Gasteiger partial charge < -0.3 is 5.32 Å². The highest BCUT2D eigenvalue weighted by molar-refractivity contribution is 6.40. The Morgan fingerprint density at radius 2 is 1.73 bits per heavy atom. The number of nitrogens with zero attached hydrogens (tertiary/aromatic N) is 2. The number of rotatable bonds is 6. The molecule has 26 heavy (non-hydrogen) atoms. The molecule has 1 N–H and O–H groups in total. The summed E-state index contributed by atoms with van der Waals surface area (Å²) in [5.74, 6) is -0.288. The van der Waals surface area contributed by atoms with E-state index in [2.05, 4.69) is 22.6 Å². The number of carbonyl (C=O) groups excluding carboxylic acids is 2. The maximum Gasteiger partial charge on any atom is 0.267 e. The largest absolute Gasteiger partial charge is 0.348 e. The van der Waals surface area contributed by atoms with Crippen LogP contribution in [0.5, 0.6) is 0 Å². The summed E-state index contributed by atoms with van der Waals surface area (Å²) >= 11 is 0. The van der Waals surface area contributed by atoms with Gasteiger partial charge in [0.05, 0.1) is 5.69 Å². The fraction of sp³-hybridized carbons (Fsp3) is 0.286. The second-order valence-corrected chi connectivity index (χ2v) is 6.49. The van der Waals surface area contributed by atoms with Crippen LogP contribution in [0.2, 0.25) is 0 Å². The molecule has 2 amide bonds. The molecule has 0 spiro atoms. The molecular formula is C21H23N3O2. The van der Waals surface area contributed by atoms with Gasteiger partial charge in [0.15, 0.2) is 0 Å². The minimum Gasteiger partial charge on any atom is -0.348 e. The SMILES string of the molecule is C[C@@H](CCc1ccccc1)NC(=O)C1=NN(c2ccccc2)C(=O)CC1. The van der Waals surface area contributed by atoms with E-state index in [1.54, 1.807) is 0 Å². The molecule has 2 aromatic carbocycles. The predicted molar refractivity (Wildman–Crippen MR) is 103 cm³/mol. The minimum absolute atomic E-state index is 0.0354. The number of carbonyl (C=O) groups is 2. The van der Waals surface area contributed by atoms with Crippen LogP contribution >= 0.6 is 0 Å². The normalized spacial score (nSPS) is 15.3.